The monoisotopic (exact) mass is 198 g/mol. The fraction of sp³-hybridized carbons (Fsp3) is 1.00. The maximum Gasteiger partial charge on any atom is 0.190 e. The third-order valence-corrected chi connectivity index (χ3v) is 7.61. The van der Waals surface area contributed by atoms with Crippen LogP contribution in [0.15, 0.2) is 0 Å². The average molecular weight is 198 g/mol. The van der Waals surface area contributed by atoms with Crippen LogP contribution in [0.3, 0.4) is 0 Å². The van der Waals surface area contributed by atoms with E-state index in [-0.39, 0.29) is 5.60 Å². The molecular formula is C11H22OSi. The zero-order chi connectivity index (χ0) is 9.69. The third-order valence-electron chi connectivity index (χ3n) is 4.08. The van der Waals surface area contributed by atoms with Gasteiger partial charge in [-0.15, -0.1) is 0 Å². The fourth-order valence-electron chi connectivity index (χ4n) is 3.62. The highest BCUT2D eigenvalue weighted by Gasteiger charge is 2.55. The predicted octanol–water partition coefficient (Wildman–Crippen LogP) is 3.56. The molecule has 76 valence electrons. The highest BCUT2D eigenvalue weighted by atomic mass is 28.4. The smallest absolute Gasteiger partial charge is 0.190 e. The van der Waals surface area contributed by atoms with E-state index in [9.17, 15) is 0 Å². The highest BCUT2D eigenvalue weighted by molar-refractivity contribution is 6.73. The minimum Gasteiger partial charge on any atom is -0.412 e. The Kier molecular flexibility index (Phi) is 2.12. The second-order valence-corrected chi connectivity index (χ2v) is 9.96. The second-order valence-electron chi connectivity index (χ2n) is 5.81. The van der Waals surface area contributed by atoms with E-state index in [1.54, 1.807) is 0 Å². The topological polar surface area (TPSA) is 9.23 Å². The first-order chi connectivity index (χ1) is 5.93. The van der Waals surface area contributed by atoms with Gasteiger partial charge in [-0.25, -0.2) is 0 Å². The molecule has 1 saturated heterocycles. The number of hydrogen-bond donors (Lipinski definition) is 0. The average Bonchev–Trinajstić information content (AvgIpc) is 2.20. The van der Waals surface area contributed by atoms with Gasteiger partial charge in [0.1, 0.15) is 0 Å². The number of rotatable bonds is 0. The Morgan fingerprint density at radius 1 is 1.15 bits per heavy atom. The van der Waals surface area contributed by atoms with Crippen molar-refractivity contribution in [2.45, 2.75) is 63.8 Å². The van der Waals surface area contributed by atoms with Gasteiger partial charge in [-0.05, 0) is 44.8 Å². The Hall–Kier alpha value is 0.177. The van der Waals surface area contributed by atoms with Crippen LogP contribution in [0.1, 0.15) is 39.5 Å². The van der Waals surface area contributed by atoms with Gasteiger partial charge in [-0.3, -0.25) is 0 Å². The van der Waals surface area contributed by atoms with Crippen molar-refractivity contribution in [3.05, 3.63) is 0 Å². The summed E-state index contributed by atoms with van der Waals surface area (Å²) in [6.07, 6.45) is 5.72. The number of hydrogen-bond acceptors (Lipinski definition) is 1. The summed E-state index contributed by atoms with van der Waals surface area (Å²) in [5.74, 6) is 0.864. The molecule has 1 aliphatic heterocycles. The minimum absolute atomic E-state index is 0.181. The summed E-state index contributed by atoms with van der Waals surface area (Å²) < 4.78 is 6.32. The van der Waals surface area contributed by atoms with Gasteiger partial charge in [-0.2, -0.15) is 0 Å². The van der Waals surface area contributed by atoms with Crippen LogP contribution >= 0.6 is 0 Å². The van der Waals surface area contributed by atoms with E-state index in [1.165, 1.54) is 25.7 Å². The molecule has 0 amide bonds. The SMILES string of the molecule is CC1(C)O[Si](C)(C)[C@@H]2CCCC[C@H]21. The third kappa shape index (κ3) is 1.48. The van der Waals surface area contributed by atoms with Crippen molar-refractivity contribution in [3.8, 4) is 0 Å². The summed E-state index contributed by atoms with van der Waals surface area (Å²) in [5, 5.41) is 0. The second kappa shape index (κ2) is 2.83. The zero-order valence-electron chi connectivity index (χ0n) is 9.39. The first-order valence-electron chi connectivity index (χ1n) is 5.64. The van der Waals surface area contributed by atoms with Crippen molar-refractivity contribution in [3.63, 3.8) is 0 Å². The van der Waals surface area contributed by atoms with Gasteiger partial charge in [0.25, 0.3) is 0 Å². The van der Waals surface area contributed by atoms with E-state index in [2.05, 4.69) is 26.9 Å². The van der Waals surface area contributed by atoms with Crippen molar-refractivity contribution in [2.24, 2.45) is 5.92 Å². The van der Waals surface area contributed by atoms with Crippen LogP contribution in [0.2, 0.25) is 18.6 Å². The van der Waals surface area contributed by atoms with E-state index in [4.69, 9.17) is 4.43 Å². The summed E-state index contributed by atoms with van der Waals surface area (Å²) in [6.45, 7) is 9.42. The molecule has 1 nitrogen and oxygen atoms in total. The molecule has 1 saturated carbocycles. The van der Waals surface area contributed by atoms with Crippen LogP contribution in [0.5, 0.6) is 0 Å². The molecule has 0 spiro atoms. The quantitative estimate of drug-likeness (QED) is 0.541. The predicted molar refractivity (Wildman–Crippen MR) is 58.4 cm³/mol. The van der Waals surface area contributed by atoms with Gasteiger partial charge in [0.2, 0.25) is 0 Å². The lowest BCUT2D eigenvalue weighted by Gasteiger charge is -2.33. The maximum atomic E-state index is 6.32. The molecule has 0 aromatic heterocycles. The fourth-order valence-corrected chi connectivity index (χ4v) is 7.72. The van der Waals surface area contributed by atoms with Crippen molar-refractivity contribution < 1.29 is 4.43 Å². The van der Waals surface area contributed by atoms with E-state index in [1.807, 2.05) is 0 Å². The largest absolute Gasteiger partial charge is 0.412 e. The van der Waals surface area contributed by atoms with Crippen LogP contribution in [0.25, 0.3) is 0 Å². The molecule has 0 aromatic carbocycles. The van der Waals surface area contributed by atoms with Gasteiger partial charge < -0.3 is 4.43 Å². The minimum atomic E-state index is -1.34. The van der Waals surface area contributed by atoms with E-state index in [0.717, 1.165) is 11.5 Å². The van der Waals surface area contributed by atoms with E-state index in [0.29, 0.717) is 0 Å². The van der Waals surface area contributed by atoms with Crippen molar-refractivity contribution in [2.75, 3.05) is 0 Å². The molecule has 2 fully saturated rings. The molecule has 0 N–H and O–H groups in total. The van der Waals surface area contributed by atoms with Crippen LogP contribution < -0.4 is 0 Å². The van der Waals surface area contributed by atoms with Gasteiger partial charge in [0.05, 0.1) is 5.60 Å². The Balaban J connectivity index is 2.25. The highest BCUT2D eigenvalue weighted by Crippen LogP contribution is 2.54. The van der Waals surface area contributed by atoms with E-state index >= 15 is 0 Å². The Morgan fingerprint density at radius 3 is 2.38 bits per heavy atom. The Bertz CT molecular complexity index is 188. The maximum absolute atomic E-state index is 6.32. The molecule has 0 unspecified atom stereocenters. The molecule has 0 bridgehead atoms. The molecule has 2 aliphatic rings. The molecule has 13 heavy (non-hydrogen) atoms. The standard InChI is InChI=1S/C11H22OSi/c1-11(2)9-7-5-6-8-10(9)13(3,4)12-11/h9-10H,5-8H2,1-4H3/t9-,10-/m1/s1. The summed E-state index contributed by atoms with van der Waals surface area (Å²) >= 11 is 0. The molecule has 0 aromatic rings. The molecule has 2 atom stereocenters. The summed E-state index contributed by atoms with van der Waals surface area (Å²) in [7, 11) is -1.34. The van der Waals surface area contributed by atoms with Crippen molar-refractivity contribution >= 4 is 8.32 Å². The van der Waals surface area contributed by atoms with E-state index < -0.39 is 8.32 Å². The van der Waals surface area contributed by atoms with Crippen molar-refractivity contribution in [1.29, 1.82) is 0 Å². The molecule has 0 radical (unpaired) electrons. The van der Waals surface area contributed by atoms with Crippen LogP contribution in [0, 0.1) is 5.92 Å². The molecule has 1 heterocycles. The van der Waals surface area contributed by atoms with Gasteiger partial charge in [0.15, 0.2) is 8.32 Å². The van der Waals surface area contributed by atoms with Gasteiger partial charge in [0, 0.05) is 0 Å². The lowest BCUT2D eigenvalue weighted by atomic mass is 9.78. The van der Waals surface area contributed by atoms with Crippen molar-refractivity contribution in [1.82, 2.24) is 0 Å². The Morgan fingerprint density at radius 2 is 1.77 bits per heavy atom. The first kappa shape index (κ1) is 9.72. The molecule has 1 aliphatic carbocycles. The van der Waals surface area contributed by atoms with Gasteiger partial charge >= 0.3 is 0 Å². The Labute approximate surface area is 83.0 Å². The molecular weight excluding hydrogens is 176 g/mol. The normalized spacial score (nSPS) is 41.5. The lowest BCUT2D eigenvalue weighted by Crippen LogP contribution is -2.33. The summed E-state index contributed by atoms with van der Waals surface area (Å²) in [6, 6.07) is 0. The zero-order valence-corrected chi connectivity index (χ0v) is 10.4. The van der Waals surface area contributed by atoms with Crippen LogP contribution in [-0.4, -0.2) is 13.9 Å². The molecule has 2 heteroatoms. The van der Waals surface area contributed by atoms with Gasteiger partial charge in [-0.1, -0.05) is 19.3 Å². The summed E-state index contributed by atoms with van der Waals surface area (Å²) in [4.78, 5) is 0. The summed E-state index contributed by atoms with van der Waals surface area (Å²) in [5.41, 5.74) is 1.12. The first-order valence-corrected chi connectivity index (χ1v) is 8.62. The lowest BCUT2D eigenvalue weighted by molar-refractivity contribution is 0.0658. The number of fused-ring (bicyclic) bond motifs is 1. The molecule has 2 rings (SSSR count). The van der Waals surface area contributed by atoms with Crippen LogP contribution in [-0.2, 0) is 4.43 Å². The van der Waals surface area contributed by atoms with Crippen LogP contribution in [0.4, 0.5) is 0 Å².